The number of sulfonamides is 1. The van der Waals surface area contributed by atoms with Gasteiger partial charge >= 0.3 is 0 Å². The van der Waals surface area contributed by atoms with Crippen LogP contribution in [0.25, 0.3) is 10.9 Å². The van der Waals surface area contributed by atoms with Gasteiger partial charge in [-0.25, -0.2) is 8.42 Å². The van der Waals surface area contributed by atoms with Crippen molar-refractivity contribution in [3.05, 3.63) is 102 Å². The maximum Gasteiger partial charge on any atom is 0.263 e. The summed E-state index contributed by atoms with van der Waals surface area (Å²) in [5.74, 6) is 0. The lowest BCUT2D eigenvalue weighted by Gasteiger charge is -2.11. The molecular formula is C25H26N3O3S+. The van der Waals surface area contributed by atoms with Crippen LogP contribution in [-0.2, 0) is 16.4 Å². The van der Waals surface area contributed by atoms with Crippen LogP contribution >= 0.6 is 0 Å². The minimum absolute atomic E-state index is 0.131. The maximum absolute atomic E-state index is 12.7. The Morgan fingerprint density at radius 2 is 1.66 bits per heavy atom. The van der Waals surface area contributed by atoms with E-state index in [0.717, 1.165) is 35.0 Å². The number of aliphatic hydroxyl groups is 1. The van der Waals surface area contributed by atoms with E-state index in [9.17, 15) is 13.5 Å². The quantitative estimate of drug-likeness (QED) is 0.343. The lowest BCUT2D eigenvalue weighted by Crippen LogP contribution is -2.85. The van der Waals surface area contributed by atoms with Crippen LogP contribution in [0, 0.1) is 0 Å². The summed E-state index contributed by atoms with van der Waals surface area (Å²) in [7, 11) is -3.72. The Balaban J connectivity index is 1.31. The van der Waals surface area contributed by atoms with E-state index < -0.39 is 16.1 Å². The number of fused-ring (bicyclic) bond motifs is 1. The number of aromatic nitrogens is 1. The van der Waals surface area contributed by atoms with Crippen molar-refractivity contribution in [2.24, 2.45) is 0 Å². The highest BCUT2D eigenvalue weighted by molar-refractivity contribution is 7.92. The van der Waals surface area contributed by atoms with Gasteiger partial charge in [0.15, 0.2) is 0 Å². The van der Waals surface area contributed by atoms with Crippen LogP contribution in [0.4, 0.5) is 5.69 Å². The van der Waals surface area contributed by atoms with Crippen molar-refractivity contribution in [1.29, 1.82) is 0 Å². The van der Waals surface area contributed by atoms with Crippen molar-refractivity contribution in [1.82, 2.24) is 4.98 Å². The summed E-state index contributed by atoms with van der Waals surface area (Å²) in [6.45, 7) is 1.43. The van der Waals surface area contributed by atoms with E-state index in [0.29, 0.717) is 12.2 Å². The molecule has 32 heavy (non-hydrogen) atoms. The lowest BCUT2D eigenvalue weighted by atomic mass is 10.1. The third kappa shape index (κ3) is 5.50. The van der Waals surface area contributed by atoms with Crippen LogP contribution in [-0.4, -0.2) is 31.6 Å². The molecule has 1 atom stereocenters. The Hall–Kier alpha value is -3.26. The predicted molar refractivity (Wildman–Crippen MR) is 126 cm³/mol. The van der Waals surface area contributed by atoms with Gasteiger partial charge in [0.1, 0.15) is 17.5 Å². The summed E-state index contributed by atoms with van der Waals surface area (Å²) in [6, 6.07) is 26.0. The van der Waals surface area contributed by atoms with Crippen LogP contribution in [0.1, 0.15) is 17.2 Å². The van der Waals surface area contributed by atoms with Gasteiger partial charge in [-0.05, 0) is 35.4 Å². The topological polar surface area (TPSA) is 95.9 Å². The molecule has 3 aromatic carbocycles. The highest BCUT2D eigenvalue weighted by Gasteiger charge is 2.15. The van der Waals surface area contributed by atoms with Gasteiger partial charge in [0.2, 0.25) is 0 Å². The number of benzene rings is 3. The third-order valence-electron chi connectivity index (χ3n) is 5.29. The van der Waals surface area contributed by atoms with Crippen LogP contribution in [0.3, 0.4) is 0 Å². The first-order chi connectivity index (χ1) is 15.5. The van der Waals surface area contributed by atoms with Crippen LogP contribution < -0.4 is 10.0 Å². The molecule has 0 radical (unpaired) electrons. The van der Waals surface area contributed by atoms with Gasteiger partial charge in [-0.15, -0.1) is 0 Å². The molecule has 1 heterocycles. The summed E-state index contributed by atoms with van der Waals surface area (Å²) >= 11 is 0. The first-order valence-corrected chi connectivity index (χ1v) is 12.0. The van der Waals surface area contributed by atoms with E-state index in [-0.39, 0.29) is 4.90 Å². The molecular weight excluding hydrogens is 422 g/mol. The Morgan fingerprint density at radius 1 is 0.938 bits per heavy atom. The van der Waals surface area contributed by atoms with Crippen molar-refractivity contribution >= 4 is 26.6 Å². The van der Waals surface area contributed by atoms with Gasteiger partial charge in [0.25, 0.3) is 10.0 Å². The van der Waals surface area contributed by atoms with Gasteiger partial charge in [0, 0.05) is 23.7 Å². The second-order valence-electron chi connectivity index (χ2n) is 7.66. The number of hydrogen-bond acceptors (Lipinski definition) is 4. The molecule has 0 spiro atoms. The summed E-state index contributed by atoms with van der Waals surface area (Å²) in [5, 5.41) is 13.1. The highest BCUT2D eigenvalue weighted by Crippen LogP contribution is 2.20. The maximum atomic E-state index is 12.7. The number of anilines is 1. The predicted octanol–water partition coefficient (Wildman–Crippen LogP) is 2.88. The number of nitrogens with zero attached hydrogens (tertiary/aromatic N) is 1. The van der Waals surface area contributed by atoms with Crippen molar-refractivity contribution in [3.63, 3.8) is 0 Å². The zero-order valence-electron chi connectivity index (χ0n) is 17.6. The molecule has 1 unspecified atom stereocenters. The smallest absolute Gasteiger partial charge is 0.263 e. The number of rotatable bonds is 9. The Morgan fingerprint density at radius 3 is 2.44 bits per heavy atom. The normalized spacial score (nSPS) is 12.5. The molecule has 0 aliphatic heterocycles. The molecule has 4 N–H and O–H groups in total. The minimum atomic E-state index is -3.72. The van der Waals surface area contributed by atoms with E-state index in [1.165, 1.54) is 6.20 Å². The zero-order valence-corrected chi connectivity index (χ0v) is 18.4. The Kier molecular flexibility index (Phi) is 6.80. The monoisotopic (exact) mass is 448 g/mol. The molecule has 0 aliphatic rings. The molecule has 6 nitrogen and oxygen atoms in total. The summed E-state index contributed by atoms with van der Waals surface area (Å²) in [5.41, 5.74) is 3.28. The van der Waals surface area contributed by atoms with Gasteiger partial charge < -0.3 is 10.4 Å². The standard InChI is InChI=1S/C25H25N3O3S/c29-25(20-6-2-1-3-7-20)18-26-15-14-19-10-12-22(13-11-19)28-32(30,31)23-16-21-8-4-5-9-24(21)27-17-23/h1-13,16-17,25-26,28-29H,14-15,18H2/p+1. The fourth-order valence-electron chi connectivity index (χ4n) is 3.51. The molecule has 0 amide bonds. The molecule has 0 saturated heterocycles. The van der Waals surface area contributed by atoms with E-state index in [1.807, 2.05) is 66.7 Å². The molecule has 1 aromatic heterocycles. The average Bonchev–Trinajstić information content (AvgIpc) is 2.82. The van der Waals surface area contributed by atoms with Crippen molar-refractivity contribution in [2.75, 3.05) is 17.8 Å². The largest absolute Gasteiger partial charge is 0.382 e. The van der Waals surface area contributed by atoms with E-state index in [1.54, 1.807) is 18.2 Å². The molecule has 0 fully saturated rings. The van der Waals surface area contributed by atoms with Crippen molar-refractivity contribution in [3.8, 4) is 0 Å². The van der Waals surface area contributed by atoms with E-state index in [2.05, 4.69) is 15.0 Å². The molecule has 0 aliphatic carbocycles. The second-order valence-corrected chi connectivity index (χ2v) is 9.34. The van der Waals surface area contributed by atoms with Crippen molar-refractivity contribution in [2.45, 2.75) is 17.4 Å². The number of nitrogens with two attached hydrogens (primary N) is 1. The van der Waals surface area contributed by atoms with Gasteiger partial charge in [-0.2, -0.15) is 0 Å². The minimum Gasteiger partial charge on any atom is -0.382 e. The zero-order chi connectivity index (χ0) is 22.4. The van der Waals surface area contributed by atoms with Crippen LogP contribution in [0.5, 0.6) is 0 Å². The molecule has 164 valence electrons. The average molecular weight is 449 g/mol. The molecule has 7 heteroatoms. The summed E-state index contributed by atoms with van der Waals surface area (Å²) in [6.07, 6.45) is 1.71. The number of hydrogen-bond donors (Lipinski definition) is 3. The fourth-order valence-corrected chi connectivity index (χ4v) is 4.54. The summed E-state index contributed by atoms with van der Waals surface area (Å²) < 4.78 is 28.1. The molecule has 0 saturated carbocycles. The highest BCUT2D eigenvalue weighted by atomic mass is 32.2. The van der Waals surface area contributed by atoms with Gasteiger partial charge in [-0.1, -0.05) is 60.7 Å². The summed E-state index contributed by atoms with van der Waals surface area (Å²) in [4.78, 5) is 4.37. The number of quaternary nitrogens is 1. The first kappa shape index (κ1) is 22.0. The Labute approximate surface area is 188 Å². The fraction of sp³-hybridized carbons (Fsp3) is 0.160. The number of aliphatic hydroxyl groups excluding tert-OH is 1. The Bertz CT molecular complexity index is 1280. The number of nitrogens with one attached hydrogen (secondary N) is 1. The number of pyridine rings is 1. The van der Waals surface area contributed by atoms with Crippen molar-refractivity contribution < 1.29 is 18.8 Å². The lowest BCUT2D eigenvalue weighted by molar-refractivity contribution is -0.661. The third-order valence-corrected chi connectivity index (χ3v) is 6.64. The number of para-hydroxylation sites is 1. The van der Waals surface area contributed by atoms with Gasteiger partial charge in [0.05, 0.1) is 12.1 Å². The molecule has 4 rings (SSSR count). The van der Waals surface area contributed by atoms with E-state index in [4.69, 9.17) is 0 Å². The SMILES string of the molecule is O=S(=O)(Nc1ccc(CC[NH2+]CC(O)c2ccccc2)cc1)c1cnc2ccccc2c1. The molecule has 4 aromatic rings. The van der Waals surface area contributed by atoms with Crippen LogP contribution in [0.15, 0.2) is 96.0 Å². The van der Waals surface area contributed by atoms with Crippen LogP contribution in [0.2, 0.25) is 0 Å². The van der Waals surface area contributed by atoms with Gasteiger partial charge in [-0.3, -0.25) is 9.71 Å². The van der Waals surface area contributed by atoms with E-state index >= 15 is 0 Å². The molecule has 0 bridgehead atoms. The first-order valence-electron chi connectivity index (χ1n) is 10.5. The second kappa shape index (κ2) is 9.91.